The molecule has 3 nitrogen and oxygen atoms in total. The zero-order valence-corrected chi connectivity index (χ0v) is 13.3. The highest BCUT2D eigenvalue weighted by molar-refractivity contribution is 7.68. The van der Waals surface area contributed by atoms with Gasteiger partial charge in [0.2, 0.25) is 0 Å². The van der Waals surface area contributed by atoms with Crippen LogP contribution in [0.3, 0.4) is 0 Å². The summed E-state index contributed by atoms with van der Waals surface area (Å²) in [5, 5.41) is 2.50. The molecule has 4 heteroatoms. The Morgan fingerprint density at radius 3 is 1.33 bits per heavy atom. The molecule has 0 aromatic heterocycles. The van der Waals surface area contributed by atoms with Crippen molar-refractivity contribution < 1.29 is 14.1 Å². The molecule has 0 amide bonds. The second-order valence-corrected chi connectivity index (χ2v) is 6.25. The van der Waals surface area contributed by atoms with E-state index in [1.54, 1.807) is 7.11 Å². The molecule has 21 heavy (non-hydrogen) atoms. The van der Waals surface area contributed by atoms with Crippen molar-refractivity contribution in [3.63, 3.8) is 0 Å². The summed E-state index contributed by atoms with van der Waals surface area (Å²) in [6.07, 6.45) is 0. The highest BCUT2D eigenvalue weighted by Crippen LogP contribution is 2.33. The van der Waals surface area contributed by atoms with Crippen LogP contribution in [-0.4, -0.2) is 18.7 Å². The fourth-order valence-electron chi connectivity index (χ4n) is 1.49. The molecule has 2 aromatic carbocycles. The van der Waals surface area contributed by atoms with Crippen molar-refractivity contribution in [2.45, 2.75) is 13.8 Å². The molecule has 0 atom stereocenters. The molecule has 0 N–H and O–H groups in total. The summed E-state index contributed by atoms with van der Waals surface area (Å²) in [7, 11) is 1.12. The quantitative estimate of drug-likeness (QED) is 0.644. The lowest BCUT2D eigenvalue weighted by Crippen LogP contribution is -2.11. The Morgan fingerprint density at radius 2 is 1.10 bits per heavy atom. The fourth-order valence-corrected chi connectivity index (χ4v) is 3.09. The molecule has 0 heterocycles. The van der Waals surface area contributed by atoms with Crippen molar-refractivity contribution in [1.82, 2.24) is 0 Å². The highest BCUT2D eigenvalue weighted by Gasteiger charge is 2.11. The van der Waals surface area contributed by atoms with Crippen molar-refractivity contribution in [1.29, 1.82) is 0 Å². The second-order valence-electron chi connectivity index (χ2n) is 4.26. The Labute approximate surface area is 126 Å². The predicted octanol–water partition coefficient (Wildman–Crippen LogP) is 2.85. The number of ketones is 2. The maximum absolute atomic E-state index is 9.79. The van der Waals surface area contributed by atoms with E-state index in [1.807, 2.05) is 36.4 Å². The molecule has 2 aromatic rings. The van der Waals surface area contributed by atoms with Crippen molar-refractivity contribution in [3.05, 3.63) is 60.7 Å². The van der Waals surface area contributed by atoms with Gasteiger partial charge < -0.3 is 4.52 Å². The lowest BCUT2D eigenvalue weighted by Gasteiger charge is -2.15. The molecule has 2 rings (SSSR count). The van der Waals surface area contributed by atoms with E-state index in [-0.39, 0.29) is 11.6 Å². The van der Waals surface area contributed by atoms with Gasteiger partial charge in [-0.05, 0) is 0 Å². The molecule has 0 aliphatic carbocycles. The van der Waals surface area contributed by atoms with Crippen LogP contribution in [0.4, 0.5) is 0 Å². The third-order valence-corrected chi connectivity index (χ3v) is 4.56. The number of benzene rings is 2. The highest BCUT2D eigenvalue weighted by atomic mass is 31.1. The molecule has 0 unspecified atom stereocenters. The van der Waals surface area contributed by atoms with Crippen LogP contribution in [0.5, 0.6) is 0 Å². The van der Waals surface area contributed by atoms with Crippen LogP contribution in [0.2, 0.25) is 0 Å². The monoisotopic (exact) mass is 302 g/mol. The first-order valence-corrected chi connectivity index (χ1v) is 7.78. The molecular weight excluding hydrogens is 283 g/mol. The van der Waals surface area contributed by atoms with Crippen molar-refractivity contribution in [3.8, 4) is 0 Å². The number of hydrogen-bond donors (Lipinski definition) is 0. The lowest BCUT2D eigenvalue weighted by molar-refractivity contribution is -0.134. The van der Waals surface area contributed by atoms with Gasteiger partial charge in [-0.3, -0.25) is 9.59 Å². The maximum Gasteiger partial charge on any atom is 0.195 e. The van der Waals surface area contributed by atoms with Gasteiger partial charge in [-0.2, -0.15) is 0 Å². The largest absolute Gasteiger partial charge is 0.353 e. The van der Waals surface area contributed by atoms with Crippen LogP contribution < -0.4 is 10.6 Å². The van der Waals surface area contributed by atoms with Crippen molar-refractivity contribution in [2.24, 2.45) is 0 Å². The van der Waals surface area contributed by atoms with E-state index in [2.05, 4.69) is 24.3 Å². The summed E-state index contributed by atoms with van der Waals surface area (Å²) in [6.45, 7) is 2.50. The zero-order valence-electron chi connectivity index (χ0n) is 12.4. The minimum atomic E-state index is -0.649. The SMILES string of the molecule is CC(=O)C(C)=O.COP(c1ccccc1)c1ccccc1. The Morgan fingerprint density at radius 1 is 0.762 bits per heavy atom. The molecule has 0 spiro atoms. The summed E-state index contributed by atoms with van der Waals surface area (Å²) in [4.78, 5) is 19.6. The Hall–Kier alpha value is -1.83. The van der Waals surface area contributed by atoms with E-state index in [0.717, 1.165) is 0 Å². The first kappa shape index (κ1) is 17.2. The number of carbonyl (C=O) groups excluding carboxylic acids is 2. The van der Waals surface area contributed by atoms with Crippen LogP contribution in [0.15, 0.2) is 60.7 Å². The topological polar surface area (TPSA) is 43.4 Å². The molecule has 0 aliphatic rings. The number of hydrogen-bond acceptors (Lipinski definition) is 3. The van der Waals surface area contributed by atoms with Crippen LogP contribution in [0, 0.1) is 0 Å². The normalized spacial score (nSPS) is 9.71. The molecule has 0 saturated carbocycles. The van der Waals surface area contributed by atoms with Gasteiger partial charge in [0.25, 0.3) is 0 Å². The van der Waals surface area contributed by atoms with E-state index in [9.17, 15) is 9.59 Å². The first-order valence-electron chi connectivity index (χ1n) is 6.52. The third-order valence-electron chi connectivity index (χ3n) is 2.66. The standard InChI is InChI=1S/C13H13OP.C4H6O2/c1-14-15(12-8-4-2-5-9-12)13-10-6-3-7-11-13;1-3(5)4(2)6/h2-11H,1H3;1-2H3. The molecule has 110 valence electrons. The van der Waals surface area contributed by atoms with E-state index in [4.69, 9.17) is 4.52 Å². The third kappa shape index (κ3) is 5.99. The molecule has 0 aliphatic heterocycles. The Kier molecular flexibility index (Phi) is 7.52. The summed E-state index contributed by atoms with van der Waals surface area (Å²) >= 11 is 0. The van der Waals surface area contributed by atoms with Gasteiger partial charge in [0, 0.05) is 31.6 Å². The lowest BCUT2D eigenvalue weighted by atomic mass is 10.3. The minimum absolute atomic E-state index is 0.380. The zero-order chi connectivity index (χ0) is 15.7. The van der Waals surface area contributed by atoms with Crippen LogP contribution >= 0.6 is 8.15 Å². The summed E-state index contributed by atoms with van der Waals surface area (Å²) < 4.78 is 5.59. The number of carbonyl (C=O) groups is 2. The molecule has 0 bridgehead atoms. The van der Waals surface area contributed by atoms with Crippen molar-refractivity contribution in [2.75, 3.05) is 7.11 Å². The summed E-state index contributed by atoms with van der Waals surface area (Å²) in [5.41, 5.74) is 0. The Bertz CT molecular complexity index is 516. The molecular formula is C17H19O3P. The van der Waals surface area contributed by atoms with Gasteiger partial charge in [-0.15, -0.1) is 0 Å². The van der Waals surface area contributed by atoms with E-state index < -0.39 is 8.15 Å². The predicted molar refractivity (Wildman–Crippen MR) is 87.4 cm³/mol. The van der Waals surface area contributed by atoms with Gasteiger partial charge in [0.05, 0.1) is 8.15 Å². The van der Waals surface area contributed by atoms with E-state index in [1.165, 1.54) is 24.5 Å². The van der Waals surface area contributed by atoms with E-state index in [0.29, 0.717) is 0 Å². The summed E-state index contributed by atoms with van der Waals surface area (Å²) in [5.74, 6) is -0.759. The van der Waals surface area contributed by atoms with Crippen LogP contribution in [0.1, 0.15) is 13.8 Å². The molecule has 0 saturated heterocycles. The number of rotatable bonds is 4. The van der Waals surface area contributed by atoms with Crippen LogP contribution in [0.25, 0.3) is 0 Å². The number of Topliss-reactive ketones (excluding diaryl/α,β-unsaturated/α-hetero) is 2. The smallest absolute Gasteiger partial charge is 0.195 e. The molecule has 0 fully saturated rings. The van der Waals surface area contributed by atoms with Gasteiger partial charge in [0.1, 0.15) is 0 Å². The van der Waals surface area contributed by atoms with Gasteiger partial charge in [-0.25, -0.2) is 0 Å². The van der Waals surface area contributed by atoms with Gasteiger partial charge in [0.15, 0.2) is 11.6 Å². The maximum atomic E-state index is 9.79. The fraction of sp³-hybridized carbons (Fsp3) is 0.176. The first-order chi connectivity index (χ1) is 10.1. The van der Waals surface area contributed by atoms with Gasteiger partial charge >= 0.3 is 0 Å². The molecule has 0 radical (unpaired) electrons. The van der Waals surface area contributed by atoms with Crippen LogP contribution in [-0.2, 0) is 14.1 Å². The average molecular weight is 302 g/mol. The van der Waals surface area contributed by atoms with E-state index >= 15 is 0 Å². The minimum Gasteiger partial charge on any atom is -0.353 e. The average Bonchev–Trinajstić information content (AvgIpc) is 2.51. The van der Waals surface area contributed by atoms with Crippen molar-refractivity contribution >= 4 is 30.3 Å². The Balaban J connectivity index is 0.000000315. The summed E-state index contributed by atoms with van der Waals surface area (Å²) in [6, 6.07) is 20.7. The second kappa shape index (κ2) is 9.17. The van der Waals surface area contributed by atoms with Gasteiger partial charge in [-0.1, -0.05) is 60.7 Å².